The third kappa shape index (κ3) is 4.03. The molecule has 2 aliphatic heterocycles. The van der Waals surface area contributed by atoms with E-state index in [-0.39, 0.29) is 24.6 Å². The number of fused-ring (bicyclic) bond motifs is 3. The number of ether oxygens (including phenoxy) is 8. The van der Waals surface area contributed by atoms with Crippen LogP contribution in [0.4, 0.5) is 0 Å². The number of carbonyl (C=O) groups excluding carboxylic acids is 1. The highest BCUT2D eigenvalue weighted by Gasteiger charge is 2.44. The van der Waals surface area contributed by atoms with E-state index >= 15 is 0 Å². The number of hydrogen-bond acceptors (Lipinski definition) is 9. The van der Waals surface area contributed by atoms with Crippen LogP contribution >= 0.6 is 0 Å². The molecule has 0 bridgehead atoms. The molecule has 0 amide bonds. The molecule has 6 rings (SSSR count). The van der Waals surface area contributed by atoms with Crippen molar-refractivity contribution in [3.63, 3.8) is 0 Å². The minimum absolute atomic E-state index is 0.0364. The lowest BCUT2D eigenvalue weighted by Crippen LogP contribution is -2.50. The van der Waals surface area contributed by atoms with Gasteiger partial charge in [0.1, 0.15) is 23.7 Å². The number of rotatable bonds is 7. The smallest absolute Gasteiger partial charge is 0.267 e. The van der Waals surface area contributed by atoms with Gasteiger partial charge in [0.25, 0.3) is 6.29 Å². The normalized spacial score (nSPS) is 23.2. The molecule has 3 aromatic rings. The maximum absolute atomic E-state index is 13.5. The zero-order valence-corrected chi connectivity index (χ0v) is 23.2. The van der Waals surface area contributed by atoms with Crippen LogP contribution in [0.2, 0.25) is 0 Å². The summed E-state index contributed by atoms with van der Waals surface area (Å²) in [4.78, 5) is 13.5. The summed E-state index contributed by atoms with van der Waals surface area (Å²) in [6.07, 6.45) is -0.723. The summed E-state index contributed by atoms with van der Waals surface area (Å²) in [7, 11) is 6.40. The second-order valence-electron chi connectivity index (χ2n) is 10.1. The van der Waals surface area contributed by atoms with Gasteiger partial charge in [-0.2, -0.15) is 0 Å². The van der Waals surface area contributed by atoms with Crippen molar-refractivity contribution in [3.8, 4) is 39.9 Å². The molecule has 9 heteroatoms. The Balaban J connectivity index is 1.59. The van der Waals surface area contributed by atoms with E-state index in [9.17, 15) is 4.79 Å². The minimum Gasteiger partial charge on any atom is -0.493 e. The highest BCUT2D eigenvalue weighted by Crippen LogP contribution is 2.50. The molecule has 0 aromatic heterocycles. The zero-order valence-electron chi connectivity index (χ0n) is 23.2. The van der Waals surface area contributed by atoms with Crippen molar-refractivity contribution in [1.82, 2.24) is 0 Å². The van der Waals surface area contributed by atoms with E-state index in [0.717, 1.165) is 27.5 Å². The van der Waals surface area contributed by atoms with Gasteiger partial charge < -0.3 is 37.9 Å². The Kier molecular flexibility index (Phi) is 6.72. The van der Waals surface area contributed by atoms with E-state index < -0.39 is 12.4 Å². The van der Waals surface area contributed by atoms with E-state index in [2.05, 4.69) is 6.58 Å². The second kappa shape index (κ2) is 10.2. The first-order valence-electron chi connectivity index (χ1n) is 13.2. The summed E-state index contributed by atoms with van der Waals surface area (Å²) in [5.41, 5.74) is 3.03. The van der Waals surface area contributed by atoms with Crippen molar-refractivity contribution in [2.45, 2.75) is 38.3 Å². The van der Waals surface area contributed by atoms with Crippen molar-refractivity contribution in [3.05, 3.63) is 53.8 Å². The topological polar surface area (TPSA) is 90.9 Å². The third-order valence-corrected chi connectivity index (χ3v) is 8.01. The summed E-state index contributed by atoms with van der Waals surface area (Å²) in [6.45, 7) is 6.23. The van der Waals surface area contributed by atoms with Crippen LogP contribution in [0, 0.1) is 5.92 Å². The third-order valence-electron chi connectivity index (χ3n) is 8.01. The molecule has 0 radical (unpaired) electrons. The van der Waals surface area contributed by atoms with E-state index in [1.807, 2.05) is 37.3 Å². The summed E-state index contributed by atoms with van der Waals surface area (Å²) in [5.74, 6) is 3.31. The average molecular weight is 549 g/mol. The molecule has 1 saturated heterocycles. The molecule has 0 spiro atoms. The number of Topliss-reactive ketones (excluding diaryl/α,β-unsaturated/α-hetero) is 1. The quantitative estimate of drug-likeness (QED) is 0.390. The molecule has 3 aliphatic rings. The van der Waals surface area contributed by atoms with E-state index in [0.29, 0.717) is 52.9 Å². The molecule has 0 N–H and O–H groups in total. The van der Waals surface area contributed by atoms with E-state index in [1.54, 1.807) is 28.4 Å². The zero-order chi connectivity index (χ0) is 28.1. The average Bonchev–Trinajstić information content (AvgIpc) is 3.58. The summed E-state index contributed by atoms with van der Waals surface area (Å²) in [6, 6.07) is 9.46. The maximum atomic E-state index is 13.5. The summed E-state index contributed by atoms with van der Waals surface area (Å²) in [5, 5.41) is 1.52. The van der Waals surface area contributed by atoms with Crippen molar-refractivity contribution in [2.24, 2.45) is 5.92 Å². The van der Waals surface area contributed by atoms with Gasteiger partial charge >= 0.3 is 0 Å². The molecule has 9 nitrogen and oxygen atoms in total. The molecule has 1 aliphatic carbocycles. The molecule has 40 heavy (non-hydrogen) atoms. The van der Waals surface area contributed by atoms with Crippen LogP contribution in [0.1, 0.15) is 29.3 Å². The predicted molar refractivity (Wildman–Crippen MR) is 147 cm³/mol. The van der Waals surface area contributed by atoms with E-state index in [4.69, 9.17) is 37.9 Å². The predicted octanol–water partition coefficient (Wildman–Crippen LogP) is 5.30. The first-order valence-corrected chi connectivity index (χ1v) is 13.2. The van der Waals surface area contributed by atoms with Gasteiger partial charge in [0.15, 0.2) is 28.8 Å². The molecular formula is C31H32O9. The van der Waals surface area contributed by atoms with Crippen molar-refractivity contribution in [2.75, 3.05) is 35.2 Å². The molecule has 210 valence electrons. The van der Waals surface area contributed by atoms with Crippen LogP contribution in [0.15, 0.2) is 42.7 Å². The first kappa shape index (κ1) is 26.3. The Labute approximate surface area is 232 Å². The highest BCUT2D eigenvalue weighted by molar-refractivity contribution is 6.16. The van der Waals surface area contributed by atoms with Crippen molar-refractivity contribution < 1.29 is 42.7 Å². The molecule has 1 fully saturated rings. The van der Waals surface area contributed by atoms with Crippen molar-refractivity contribution >= 4 is 16.6 Å². The highest BCUT2D eigenvalue weighted by atomic mass is 16.7. The van der Waals surface area contributed by atoms with Crippen LogP contribution in [0.25, 0.3) is 21.9 Å². The van der Waals surface area contributed by atoms with Gasteiger partial charge in [0.05, 0.1) is 14.2 Å². The van der Waals surface area contributed by atoms with Crippen LogP contribution in [0.3, 0.4) is 0 Å². The lowest BCUT2D eigenvalue weighted by Gasteiger charge is -2.41. The van der Waals surface area contributed by atoms with Gasteiger partial charge in [-0.15, -0.1) is 0 Å². The lowest BCUT2D eigenvalue weighted by molar-refractivity contribution is -0.203. The summed E-state index contributed by atoms with van der Waals surface area (Å²) < 4.78 is 46.8. The van der Waals surface area contributed by atoms with Gasteiger partial charge in [-0.1, -0.05) is 19.6 Å². The van der Waals surface area contributed by atoms with Gasteiger partial charge in [-0.25, -0.2) is 0 Å². The number of hydrogen-bond donors (Lipinski definition) is 0. The maximum Gasteiger partial charge on any atom is 0.267 e. The molecule has 0 saturated carbocycles. The number of carbonyl (C=O) groups is 1. The Morgan fingerprint density at radius 3 is 2.30 bits per heavy atom. The fraction of sp³-hybridized carbons (Fsp3) is 0.387. The second-order valence-corrected chi connectivity index (χ2v) is 10.1. The van der Waals surface area contributed by atoms with Gasteiger partial charge in [-0.3, -0.25) is 4.79 Å². The van der Waals surface area contributed by atoms with Crippen LogP contribution in [-0.2, 0) is 20.6 Å². The van der Waals surface area contributed by atoms with Crippen LogP contribution in [0.5, 0.6) is 28.7 Å². The molecular weight excluding hydrogens is 516 g/mol. The molecule has 4 unspecified atom stereocenters. The van der Waals surface area contributed by atoms with Crippen LogP contribution < -0.4 is 23.7 Å². The largest absolute Gasteiger partial charge is 0.493 e. The number of ketones is 1. The first-order chi connectivity index (χ1) is 19.4. The number of benzene rings is 3. The molecule has 2 heterocycles. The standard InChI is InChI=1S/C31H32O9/c1-15-28(35-5)16(2)39-31(29(15)36-6)40-30-18-8-9-21(32)27(18)26(17-7-10-22-25(11-17)38-14-37-22)19-12-23(33-3)24(34-4)13-20(19)30/h7,10-13,15,28-29,31H,2,8-9,14H2,1,3-6H3. The minimum atomic E-state index is -0.814. The molecule has 4 atom stereocenters. The molecule has 3 aromatic carbocycles. The number of methoxy groups -OCH3 is 4. The van der Waals surface area contributed by atoms with Gasteiger partial charge in [0.2, 0.25) is 6.79 Å². The Morgan fingerprint density at radius 1 is 0.875 bits per heavy atom. The van der Waals surface area contributed by atoms with Gasteiger partial charge in [-0.05, 0) is 41.6 Å². The Hall–Kier alpha value is -3.95. The van der Waals surface area contributed by atoms with E-state index in [1.165, 1.54) is 0 Å². The lowest BCUT2D eigenvalue weighted by atomic mass is 9.89. The van der Waals surface area contributed by atoms with Crippen LogP contribution in [-0.4, -0.2) is 59.5 Å². The SMILES string of the molecule is C=C1OC(Oc2c3c(c(-c4ccc5c(c4)OCO5)c4cc(OC)c(OC)cc24)C(=O)CC3)C(OC)C(C)C1OC. The van der Waals surface area contributed by atoms with Gasteiger partial charge in [0, 0.05) is 48.6 Å². The fourth-order valence-corrected chi connectivity index (χ4v) is 6.11. The van der Waals surface area contributed by atoms with Crippen molar-refractivity contribution in [1.29, 1.82) is 0 Å². The summed E-state index contributed by atoms with van der Waals surface area (Å²) >= 11 is 0. The Morgan fingerprint density at radius 2 is 1.60 bits per heavy atom. The fourth-order valence-electron chi connectivity index (χ4n) is 6.11. The Bertz CT molecular complexity index is 1510. The monoisotopic (exact) mass is 548 g/mol.